The smallest absolute Gasteiger partial charge is 0.134 e. The van der Waals surface area contributed by atoms with Gasteiger partial charge in [0.25, 0.3) is 0 Å². The van der Waals surface area contributed by atoms with E-state index in [2.05, 4.69) is 32.0 Å². The average molecular weight is 235 g/mol. The normalized spacial score (nSPS) is 17.2. The van der Waals surface area contributed by atoms with Gasteiger partial charge in [0.05, 0.1) is 0 Å². The molecule has 0 spiro atoms. The van der Waals surface area contributed by atoms with Crippen molar-refractivity contribution >= 4 is 11.6 Å². The minimum atomic E-state index is 0.881. The van der Waals surface area contributed by atoms with Gasteiger partial charge in [0.1, 0.15) is 18.0 Å². The highest BCUT2D eigenvalue weighted by molar-refractivity contribution is 5.48. The highest BCUT2D eigenvalue weighted by atomic mass is 15.3. The number of piperazine rings is 1. The topological polar surface area (TPSA) is 44.3 Å². The zero-order chi connectivity index (χ0) is 12.1. The maximum Gasteiger partial charge on any atom is 0.134 e. The summed E-state index contributed by atoms with van der Waals surface area (Å²) in [7, 11) is 1.88. The summed E-state index contributed by atoms with van der Waals surface area (Å²) in [4.78, 5) is 13.3. The van der Waals surface area contributed by atoms with Crippen molar-refractivity contribution in [2.45, 2.75) is 13.3 Å². The Morgan fingerprint density at radius 2 is 2.00 bits per heavy atom. The van der Waals surface area contributed by atoms with E-state index in [1.54, 1.807) is 6.33 Å². The van der Waals surface area contributed by atoms with Gasteiger partial charge in [-0.3, -0.25) is 4.90 Å². The first-order valence-electron chi connectivity index (χ1n) is 6.30. The summed E-state index contributed by atoms with van der Waals surface area (Å²) in [6, 6.07) is 2.01. The minimum Gasteiger partial charge on any atom is -0.373 e. The lowest BCUT2D eigenvalue weighted by Crippen LogP contribution is -2.46. The molecule has 17 heavy (non-hydrogen) atoms. The number of aromatic nitrogens is 2. The molecule has 1 fully saturated rings. The minimum absolute atomic E-state index is 0.881. The predicted molar refractivity (Wildman–Crippen MR) is 70.5 cm³/mol. The van der Waals surface area contributed by atoms with Gasteiger partial charge in [-0.15, -0.1) is 0 Å². The Kier molecular flexibility index (Phi) is 4.14. The molecule has 2 rings (SSSR count). The van der Waals surface area contributed by atoms with Crippen LogP contribution >= 0.6 is 0 Å². The van der Waals surface area contributed by atoms with Crippen LogP contribution in [0.25, 0.3) is 0 Å². The van der Waals surface area contributed by atoms with Crippen molar-refractivity contribution in [1.82, 2.24) is 14.9 Å². The monoisotopic (exact) mass is 235 g/mol. The Labute approximate surface area is 103 Å². The Balaban J connectivity index is 1.95. The summed E-state index contributed by atoms with van der Waals surface area (Å²) < 4.78 is 0. The quantitative estimate of drug-likeness (QED) is 0.845. The van der Waals surface area contributed by atoms with Gasteiger partial charge in [-0.2, -0.15) is 0 Å². The number of nitrogens with one attached hydrogen (secondary N) is 1. The fraction of sp³-hybridized carbons (Fsp3) is 0.667. The number of hydrogen-bond acceptors (Lipinski definition) is 5. The first-order valence-corrected chi connectivity index (χ1v) is 6.30. The van der Waals surface area contributed by atoms with E-state index in [-0.39, 0.29) is 0 Å². The van der Waals surface area contributed by atoms with E-state index in [9.17, 15) is 0 Å². The molecule has 94 valence electrons. The molecule has 0 bridgehead atoms. The zero-order valence-electron chi connectivity index (χ0n) is 10.7. The van der Waals surface area contributed by atoms with Crippen LogP contribution in [0.3, 0.4) is 0 Å². The van der Waals surface area contributed by atoms with E-state index in [1.165, 1.54) is 13.0 Å². The third-order valence-electron chi connectivity index (χ3n) is 3.14. The molecule has 1 aliphatic rings. The predicted octanol–water partition coefficient (Wildman–Crippen LogP) is 1.05. The van der Waals surface area contributed by atoms with Crippen LogP contribution in [0.1, 0.15) is 13.3 Å². The maximum atomic E-state index is 4.34. The number of rotatable bonds is 4. The molecular weight excluding hydrogens is 214 g/mol. The Morgan fingerprint density at radius 3 is 2.65 bits per heavy atom. The number of anilines is 2. The van der Waals surface area contributed by atoms with Gasteiger partial charge in [-0.05, 0) is 13.0 Å². The first-order chi connectivity index (χ1) is 8.33. The summed E-state index contributed by atoms with van der Waals surface area (Å²) >= 11 is 0. The van der Waals surface area contributed by atoms with Crippen LogP contribution in [-0.2, 0) is 0 Å². The van der Waals surface area contributed by atoms with Crippen LogP contribution in [0.2, 0.25) is 0 Å². The second-order valence-corrected chi connectivity index (χ2v) is 4.34. The second kappa shape index (κ2) is 5.82. The van der Waals surface area contributed by atoms with Crippen molar-refractivity contribution in [3.05, 3.63) is 12.4 Å². The van der Waals surface area contributed by atoms with Gasteiger partial charge in [0.2, 0.25) is 0 Å². The maximum absolute atomic E-state index is 4.34. The van der Waals surface area contributed by atoms with Gasteiger partial charge < -0.3 is 10.2 Å². The van der Waals surface area contributed by atoms with Crippen LogP contribution in [0.15, 0.2) is 12.4 Å². The van der Waals surface area contributed by atoms with Gasteiger partial charge in [0, 0.05) is 39.3 Å². The summed E-state index contributed by atoms with van der Waals surface area (Å²) in [5.74, 6) is 1.91. The number of nitrogens with zero attached hydrogens (tertiary/aromatic N) is 4. The molecular formula is C12H21N5. The summed E-state index contributed by atoms with van der Waals surface area (Å²) in [5.41, 5.74) is 0. The first kappa shape index (κ1) is 12.1. The highest BCUT2D eigenvalue weighted by Crippen LogP contribution is 2.15. The lowest BCUT2D eigenvalue weighted by Gasteiger charge is -2.35. The van der Waals surface area contributed by atoms with E-state index in [0.29, 0.717) is 0 Å². The molecule has 1 aromatic rings. The van der Waals surface area contributed by atoms with Gasteiger partial charge >= 0.3 is 0 Å². The van der Waals surface area contributed by atoms with E-state index < -0.39 is 0 Å². The average Bonchev–Trinajstić information content (AvgIpc) is 2.40. The van der Waals surface area contributed by atoms with Gasteiger partial charge in [-0.1, -0.05) is 6.92 Å². The largest absolute Gasteiger partial charge is 0.373 e. The molecule has 5 nitrogen and oxygen atoms in total. The summed E-state index contributed by atoms with van der Waals surface area (Å²) in [6.45, 7) is 7.81. The van der Waals surface area contributed by atoms with Crippen LogP contribution in [0, 0.1) is 0 Å². The number of hydrogen-bond donors (Lipinski definition) is 1. The molecule has 5 heteroatoms. The molecule has 0 unspecified atom stereocenters. The molecule has 0 radical (unpaired) electrons. The molecule has 0 amide bonds. The van der Waals surface area contributed by atoms with Gasteiger partial charge in [0.15, 0.2) is 0 Å². The Morgan fingerprint density at radius 1 is 1.24 bits per heavy atom. The lowest BCUT2D eigenvalue weighted by molar-refractivity contribution is 0.258. The summed E-state index contributed by atoms with van der Waals surface area (Å²) in [5, 5.41) is 3.05. The SMILES string of the molecule is CCCN1CCN(c2cc(NC)ncn2)CC1. The summed E-state index contributed by atoms with van der Waals surface area (Å²) in [6.07, 6.45) is 2.86. The van der Waals surface area contributed by atoms with Crippen molar-refractivity contribution in [3.8, 4) is 0 Å². The van der Waals surface area contributed by atoms with Crippen LogP contribution in [0.5, 0.6) is 0 Å². The van der Waals surface area contributed by atoms with Crippen molar-refractivity contribution in [2.75, 3.05) is 50.0 Å². The van der Waals surface area contributed by atoms with Crippen molar-refractivity contribution in [2.24, 2.45) is 0 Å². The molecule has 1 N–H and O–H groups in total. The second-order valence-electron chi connectivity index (χ2n) is 4.34. The molecule has 2 heterocycles. The van der Waals surface area contributed by atoms with E-state index in [0.717, 1.165) is 37.8 Å². The van der Waals surface area contributed by atoms with E-state index >= 15 is 0 Å². The van der Waals surface area contributed by atoms with Gasteiger partial charge in [-0.25, -0.2) is 9.97 Å². The van der Waals surface area contributed by atoms with Crippen LogP contribution < -0.4 is 10.2 Å². The fourth-order valence-electron chi connectivity index (χ4n) is 2.17. The zero-order valence-corrected chi connectivity index (χ0v) is 10.7. The fourth-order valence-corrected chi connectivity index (χ4v) is 2.17. The van der Waals surface area contributed by atoms with Crippen molar-refractivity contribution in [3.63, 3.8) is 0 Å². The Hall–Kier alpha value is -1.36. The molecule has 0 aliphatic carbocycles. The molecule has 1 aliphatic heterocycles. The van der Waals surface area contributed by atoms with E-state index in [4.69, 9.17) is 0 Å². The molecule has 0 aromatic carbocycles. The third kappa shape index (κ3) is 3.06. The molecule has 1 aromatic heterocycles. The van der Waals surface area contributed by atoms with Crippen LogP contribution in [-0.4, -0.2) is 54.6 Å². The molecule has 0 saturated carbocycles. The van der Waals surface area contributed by atoms with Crippen molar-refractivity contribution in [1.29, 1.82) is 0 Å². The Bertz CT molecular complexity index is 347. The van der Waals surface area contributed by atoms with Crippen molar-refractivity contribution < 1.29 is 0 Å². The van der Waals surface area contributed by atoms with E-state index in [1.807, 2.05) is 13.1 Å². The molecule has 1 saturated heterocycles. The molecule has 0 atom stereocenters. The highest BCUT2D eigenvalue weighted by Gasteiger charge is 2.17. The standard InChI is InChI=1S/C12H21N5/c1-3-4-16-5-7-17(8-6-16)12-9-11(13-2)14-10-15-12/h9-10H,3-8H2,1-2H3,(H,13,14,15). The van der Waals surface area contributed by atoms with Crippen LogP contribution in [0.4, 0.5) is 11.6 Å². The third-order valence-corrected chi connectivity index (χ3v) is 3.14. The lowest BCUT2D eigenvalue weighted by atomic mass is 10.3.